The molecule has 21 heavy (non-hydrogen) atoms. The zero-order valence-electron chi connectivity index (χ0n) is 12.6. The molecule has 2 unspecified atom stereocenters. The summed E-state index contributed by atoms with van der Waals surface area (Å²) in [5.41, 5.74) is 1.53. The third kappa shape index (κ3) is 4.43. The Bertz CT molecular complexity index is 497. The average molecular weight is 294 g/mol. The number of piperidine rings is 1. The van der Waals surface area contributed by atoms with E-state index >= 15 is 0 Å². The van der Waals surface area contributed by atoms with Crippen LogP contribution in [0.4, 0.5) is 10.1 Å². The fraction of sp³-hybridized carbons (Fsp3) is 0.562. The van der Waals surface area contributed by atoms with Gasteiger partial charge in [-0.2, -0.15) is 0 Å². The summed E-state index contributed by atoms with van der Waals surface area (Å²) in [6.45, 7) is 6.46. The molecule has 0 saturated carbocycles. The fourth-order valence-corrected chi connectivity index (χ4v) is 3.08. The molecule has 0 aromatic heterocycles. The number of hydrogen-bond donors (Lipinski definition) is 2. The van der Waals surface area contributed by atoms with Crippen molar-refractivity contribution in [3.63, 3.8) is 0 Å². The number of halogens is 1. The highest BCUT2D eigenvalue weighted by atomic mass is 19.1. The molecule has 1 aliphatic rings. The molecule has 1 aliphatic heterocycles. The molecule has 4 nitrogen and oxygen atoms in total. The first-order valence-corrected chi connectivity index (χ1v) is 7.41. The van der Waals surface area contributed by atoms with Crippen molar-refractivity contribution in [2.75, 3.05) is 24.5 Å². The van der Waals surface area contributed by atoms with E-state index in [1.807, 2.05) is 6.07 Å². The second kappa shape index (κ2) is 6.89. The van der Waals surface area contributed by atoms with E-state index in [9.17, 15) is 9.18 Å². The molecule has 0 radical (unpaired) electrons. The van der Waals surface area contributed by atoms with Gasteiger partial charge in [0.1, 0.15) is 5.82 Å². The molecular formula is C16H23FN2O2. The molecule has 2 N–H and O–H groups in total. The minimum absolute atomic E-state index is 0.0928. The highest BCUT2D eigenvalue weighted by Crippen LogP contribution is 2.28. The van der Waals surface area contributed by atoms with Crippen LogP contribution in [0.2, 0.25) is 0 Å². The Morgan fingerprint density at radius 1 is 1.38 bits per heavy atom. The molecule has 0 amide bonds. The van der Waals surface area contributed by atoms with Gasteiger partial charge in [0.2, 0.25) is 0 Å². The van der Waals surface area contributed by atoms with Crippen molar-refractivity contribution >= 4 is 11.7 Å². The van der Waals surface area contributed by atoms with Crippen LogP contribution in [0, 0.1) is 17.7 Å². The second-order valence-corrected chi connectivity index (χ2v) is 6.13. The Kier molecular flexibility index (Phi) is 5.17. The molecule has 1 aromatic rings. The molecule has 2 rings (SSSR count). The molecule has 0 bridgehead atoms. The fourth-order valence-electron chi connectivity index (χ4n) is 3.08. The van der Waals surface area contributed by atoms with Crippen LogP contribution in [0.15, 0.2) is 18.2 Å². The third-order valence-corrected chi connectivity index (χ3v) is 3.83. The van der Waals surface area contributed by atoms with E-state index in [0.29, 0.717) is 24.1 Å². The smallest absolute Gasteiger partial charge is 0.317 e. The molecule has 1 saturated heterocycles. The van der Waals surface area contributed by atoms with Crippen molar-refractivity contribution < 1.29 is 14.3 Å². The highest BCUT2D eigenvalue weighted by molar-refractivity contribution is 5.69. The van der Waals surface area contributed by atoms with Gasteiger partial charge in [-0.3, -0.25) is 4.79 Å². The summed E-state index contributed by atoms with van der Waals surface area (Å²) in [4.78, 5) is 12.6. The molecule has 2 atom stereocenters. The standard InChI is InChI=1S/C16H23FN2O2/c1-11-5-12(2)10-19(9-11)15-6-13(3-4-14(15)17)7-18-8-16(20)21/h3-4,6,11-12,18H,5,7-10H2,1-2H3,(H,20,21). The van der Waals surface area contributed by atoms with Crippen LogP contribution in [-0.2, 0) is 11.3 Å². The van der Waals surface area contributed by atoms with Crippen molar-refractivity contribution in [1.82, 2.24) is 5.32 Å². The van der Waals surface area contributed by atoms with Gasteiger partial charge in [-0.15, -0.1) is 0 Å². The van der Waals surface area contributed by atoms with Gasteiger partial charge in [-0.25, -0.2) is 4.39 Å². The SMILES string of the molecule is CC1CC(C)CN(c2cc(CNCC(=O)O)ccc2F)C1. The number of anilines is 1. The summed E-state index contributed by atoms with van der Waals surface area (Å²) >= 11 is 0. The van der Waals surface area contributed by atoms with Crippen molar-refractivity contribution in [1.29, 1.82) is 0 Å². The number of carboxylic acid groups (broad SMARTS) is 1. The number of hydrogen-bond acceptors (Lipinski definition) is 3. The number of nitrogens with one attached hydrogen (secondary N) is 1. The number of aliphatic carboxylic acids is 1. The molecule has 0 spiro atoms. The molecule has 0 aliphatic carbocycles. The van der Waals surface area contributed by atoms with Gasteiger partial charge in [0.05, 0.1) is 12.2 Å². The van der Waals surface area contributed by atoms with Crippen molar-refractivity contribution in [2.24, 2.45) is 11.8 Å². The summed E-state index contributed by atoms with van der Waals surface area (Å²) in [6.07, 6.45) is 1.18. The summed E-state index contributed by atoms with van der Waals surface area (Å²) < 4.78 is 14.1. The zero-order valence-corrected chi connectivity index (χ0v) is 12.6. The lowest BCUT2D eigenvalue weighted by Crippen LogP contribution is -2.39. The first-order chi connectivity index (χ1) is 9.95. The van der Waals surface area contributed by atoms with Crippen LogP contribution in [0.3, 0.4) is 0 Å². The Labute approximate surface area is 125 Å². The van der Waals surface area contributed by atoms with Gasteiger partial charge < -0.3 is 15.3 Å². The highest BCUT2D eigenvalue weighted by Gasteiger charge is 2.23. The summed E-state index contributed by atoms with van der Waals surface area (Å²) in [5, 5.41) is 11.4. The van der Waals surface area contributed by atoms with Crippen molar-refractivity contribution in [2.45, 2.75) is 26.8 Å². The Hall–Kier alpha value is -1.62. The van der Waals surface area contributed by atoms with E-state index in [2.05, 4.69) is 24.1 Å². The predicted octanol–water partition coefficient (Wildman–Crippen LogP) is 2.48. The molecule has 1 fully saturated rings. The maximum Gasteiger partial charge on any atom is 0.317 e. The van der Waals surface area contributed by atoms with Crippen molar-refractivity contribution in [3.8, 4) is 0 Å². The topological polar surface area (TPSA) is 52.6 Å². The number of rotatable bonds is 5. The minimum Gasteiger partial charge on any atom is -0.480 e. The number of carbonyl (C=O) groups is 1. The van der Waals surface area contributed by atoms with Crippen LogP contribution in [-0.4, -0.2) is 30.7 Å². The van der Waals surface area contributed by atoms with E-state index in [4.69, 9.17) is 5.11 Å². The van der Waals surface area contributed by atoms with E-state index < -0.39 is 5.97 Å². The molecule has 1 aromatic carbocycles. The Morgan fingerprint density at radius 2 is 2.05 bits per heavy atom. The van der Waals surface area contributed by atoms with E-state index in [0.717, 1.165) is 18.7 Å². The molecule has 116 valence electrons. The summed E-state index contributed by atoms with van der Waals surface area (Å²) in [6, 6.07) is 5.00. The van der Waals surface area contributed by atoms with Gasteiger partial charge >= 0.3 is 5.97 Å². The Morgan fingerprint density at radius 3 is 2.67 bits per heavy atom. The van der Waals surface area contributed by atoms with Gasteiger partial charge in [0, 0.05) is 19.6 Å². The lowest BCUT2D eigenvalue weighted by molar-refractivity contribution is -0.135. The molecule has 1 heterocycles. The van der Waals surface area contributed by atoms with E-state index in [1.54, 1.807) is 6.07 Å². The summed E-state index contributed by atoms with van der Waals surface area (Å²) in [7, 11) is 0. The second-order valence-electron chi connectivity index (χ2n) is 6.13. The van der Waals surface area contributed by atoms with Gasteiger partial charge in [0.25, 0.3) is 0 Å². The first kappa shape index (κ1) is 15.8. The largest absolute Gasteiger partial charge is 0.480 e. The van der Waals surface area contributed by atoms with Gasteiger partial charge in [-0.1, -0.05) is 19.9 Å². The predicted molar refractivity (Wildman–Crippen MR) is 80.9 cm³/mol. The lowest BCUT2D eigenvalue weighted by Gasteiger charge is -2.37. The normalized spacial score (nSPS) is 22.3. The maximum absolute atomic E-state index is 14.1. The van der Waals surface area contributed by atoms with Crippen molar-refractivity contribution in [3.05, 3.63) is 29.6 Å². The average Bonchev–Trinajstić information content (AvgIpc) is 2.39. The van der Waals surface area contributed by atoms with E-state index in [1.165, 1.54) is 12.5 Å². The first-order valence-electron chi connectivity index (χ1n) is 7.41. The third-order valence-electron chi connectivity index (χ3n) is 3.83. The number of nitrogens with zero attached hydrogens (tertiary/aromatic N) is 1. The van der Waals surface area contributed by atoms with Crippen LogP contribution >= 0.6 is 0 Å². The van der Waals surface area contributed by atoms with Crippen LogP contribution < -0.4 is 10.2 Å². The zero-order chi connectivity index (χ0) is 15.4. The van der Waals surface area contributed by atoms with Gasteiger partial charge in [-0.05, 0) is 36.0 Å². The lowest BCUT2D eigenvalue weighted by atomic mass is 9.91. The Balaban J connectivity index is 2.09. The van der Waals surface area contributed by atoms with Crippen LogP contribution in [0.25, 0.3) is 0 Å². The number of carboxylic acids is 1. The summed E-state index contributed by atoms with van der Waals surface area (Å²) in [5.74, 6) is 0.0122. The number of benzene rings is 1. The quantitative estimate of drug-likeness (QED) is 0.876. The maximum atomic E-state index is 14.1. The van der Waals surface area contributed by atoms with Crippen LogP contribution in [0.5, 0.6) is 0 Å². The minimum atomic E-state index is -0.893. The monoisotopic (exact) mass is 294 g/mol. The molecular weight excluding hydrogens is 271 g/mol. The van der Waals surface area contributed by atoms with Gasteiger partial charge in [0.15, 0.2) is 0 Å². The van der Waals surface area contributed by atoms with Crippen LogP contribution in [0.1, 0.15) is 25.8 Å². The molecule has 5 heteroatoms. The van der Waals surface area contributed by atoms with E-state index in [-0.39, 0.29) is 12.4 Å².